The van der Waals surface area contributed by atoms with Gasteiger partial charge in [0.25, 0.3) is 0 Å². The highest BCUT2D eigenvalue weighted by Crippen LogP contribution is 2.31. The van der Waals surface area contributed by atoms with Crippen molar-refractivity contribution in [3.8, 4) is 11.1 Å². The van der Waals surface area contributed by atoms with Gasteiger partial charge in [-0.15, -0.1) is 0 Å². The minimum absolute atomic E-state index is 0.0563. The zero-order valence-electron chi connectivity index (χ0n) is 14.6. The van der Waals surface area contributed by atoms with Crippen molar-refractivity contribution in [2.24, 2.45) is 0 Å². The van der Waals surface area contributed by atoms with Crippen molar-refractivity contribution < 1.29 is 13.9 Å². The average molecular weight is 386 g/mol. The molecule has 0 radical (unpaired) electrons. The largest absolute Gasteiger partial charge is 0.376 e. The van der Waals surface area contributed by atoms with Crippen LogP contribution in [0.1, 0.15) is 12.8 Å². The number of carbonyl (C=O) groups excluding carboxylic acids is 1. The van der Waals surface area contributed by atoms with Crippen molar-refractivity contribution in [2.75, 3.05) is 18.9 Å². The Balaban J connectivity index is 1.45. The van der Waals surface area contributed by atoms with Crippen LogP contribution in [0.3, 0.4) is 0 Å². The number of nitrogens with one attached hydrogen (secondary N) is 2. The number of aromatic amines is 1. The number of H-pyrrole nitrogens is 1. The zero-order valence-corrected chi connectivity index (χ0v) is 15.4. The van der Waals surface area contributed by atoms with E-state index in [9.17, 15) is 9.18 Å². The minimum Gasteiger partial charge on any atom is -0.376 e. The molecule has 1 saturated heterocycles. The molecule has 0 aliphatic carbocycles. The highest BCUT2D eigenvalue weighted by atomic mass is 32.2. The molecular formula is C19H19FN4O2S. The van der Waals surface area contributed by atoms with Crippen LogP contribution in [-0.2, 0) is 9.53 Å². The summed E-state index contributed by atoms with van der Waals surface area (Å²) in [6.45, 7) is 1.32. The van der Waals surface area contributed by atoms with Crippen molar-refractivity contribution in [2.45, 2.75) is 24.0 Å². The molecule has 0 spiro atoms. The van der Waals surface area contributed by atoms with E-state index in [1.54, 1.807) is 12.3 Å². The Morgan fingerprint density at radius 3 is 3.15 bits per heavy atom. The number of hydrogen-bond donors (Lipinski definition) is 2. The number of thioether (sulfide) groups is 1. The van der Waals surface area contributed by atoms with Crippen molar-refractivity contribution >= 4 is 28.7 Å². The maximum atomic E-state index is 13.5. The number of aromatic nitrogens is 3. The summed E-state index contributed by atoms with van der Waals surface area (Å²) in [5.74, 6) is -0.0970. The minimum atomic E-state index is -0.298. The molecule has 1 aliphatic rings. The Morgan fingerprint density at radius 1 is 1.41 bits per heavy atom. The Hall–Kier alpha value is -2.45. The molecule has 1 amide bonds. The molecule has 1 aromatic carbocycles. The lowest BCUT2D eigenvalue weighted by Gasteiger charge is -2.10. The first-order chi connectivity index (χ1) is 13.2. The number of carbonyl (C=O) groups is 1. The number of halogens is 1. The van der Waals surface area contributed by atoms with Crippen molar-refractivity contribution in [3.63, 3.8) is 0 Å². The number of fused-ring (bicyclic) bond motifs is 1. The molecule has 27 heavy (non-hydrogen) atoms. The topological polar surface area (TPSA) is 79.9 Å². The van der Waals surface area contributed by atoms with Gasteiger partial charge in [-0.05, 0) is 30.5 Å². The number of benzene rings is 1. The Kier molecular flexibility index (Phi) is 5.35. The summed E-state index contributed by atoms with van der Waals surface area (Å²) in [6.07, 6.45) is 5.42. The van der Waals surface area contributed by atoms with Crippen LogP contribution in [0.5, 0.6) is 0 Å². The van der Waals surface area contributed by atoms with Crippen LogP contribution in [0.15, 0.2) is 41.8 Å². The molecule has 2 aromatic heterocycles. The molecule has 0 unspecified atom stereocenters. The summed E-state index contributed by atoms with van der Waals surface area (Å²) in [5.41, 5.74) is 2.99. The summed E-state index contributed by atoms with van der Waals surface area (Å²) >= 11 is 1.34. The first kappa shape index (κ1) is 17.9. The van der Waals surface area contributed by atoms with Crippen LogP contribution in [0.4, 0.5) is 4.39 Å². The van der Waals surface area contributed by atoms with Gasteiger partial charge >= 0.3 is 0 Å². The summed E-state index contributed by atoms with van der Waals surface area (Å²) in [7, 11) is 0. The molecule has 0 saturated carbocycles. The van der Waals surface area contributed by atoms with Crippen molar-refractivity contribution in [1.82, 2.24) is 20.3 Å². The molecule has 6 nitrogen and oxygen atoms in total. The van der Waals surface area contributed by atoms with Gasteiger partial charge in [0.1, 0.15) is 22.7 Å². The lowest BCUT2D eigenvalue weighted by Crippen LogP contribution is -2.32. The zero-order chi connectivity index (χ0) is 18.6. The van der Waals surface area contributed by atoms with E-state index in [1.807, 2.05) is 6.07 Å². The third-order valence-corrected chi connectivity index (χ3v) is 5.44. The second kappa shape index (κ2) is 8.06. The van der Waals surface area contributed by atoms with Gasteiger partial charge in [-0.3, -0.25) is 4.79 Å². The summed E-state index contributed by atoms with van der Waals surface area (Å²) in [5, 5.41) is 3.59. The van der Waals surface area contributed by atoms with Gasteiger partial charge in [-0.2, -0.15) is 0 Å². The van der Waals surface area contributed by atoms with Crippen LogP contribution >= 0.6 is 11.8 Å². The highest BCUT2D eigenvalue weighted by Gasteiger charge is 2.17. The highest BCUT2D eigenvalue weighted by molar-refractivity contribution is 8.00. The first-order valence-corrected chi connectivity index (χ1v) is 9.78. The van der Waals surface area contributed by atoms with Gasteiger partial charge in [0.15, 0.2) is 0 Å². The average Bonchev–Trinajstić information content (AvgIpc) is 3.34. The maximum absolute atomic E-state index is 13.5. The summed E-state index contributed by atoms with van der Waals surface area (Å²) < 4.78 is 19.0. The number of rotatable bonds is 6. The molecule has 1 aliphatic heterocycles. The van der Waals surface area contributed by atoms with E-state index in [-0.39, 0.29) is 23.6 Å². The van der Waals surface area contributed by atoms with Gasteiger partial charge < -0.3 is 15.0 Å². The Bertz CT molecular complexity index is 956. The number of amides is 1. The number of nitrogens with zero attached hydrogens (tertiary/aromatic N) is 2. The summed E-state index contributed by atoms with van der Waals surface area (Å²) in [6, 6.07) is 6.37. The predicted octanol–water partition coefficient (Wildman–Crippen LogP) is 3.15. The van der Waals surface area contributed by atoms with Gasteiger partial charge in [-0.25, -0.2) is 14.4 Å². The van der Waals surface area contributed by atoms with E-state index in [0.717, 1.165) is 36.1 Å². The molecule has 2 N–H and O–H groups in total. The number of hydrogen-bond acceptors (Lipinski definition) is 5. The Labute approximate surface area is 159 Å². The van der Waals surface area contributed by atoms with Crippen LogP contribution in [0.25, 0.3) is 22.2 Å². The van der Waals surface area contributed by atoms with Crippen LogP contribution in [-0.4, -0.2) is 45.9 Å². The third-order valence-electron chi connectivity index (χ3n) is 4.45. The fourth-order valence-corrected chi connectivity index (χ4v) is 3.91. The fourth-order valence-electron chi connectivity index (χ4n) is 3.12. The van der Waals surface area contributed by atoms with Gasteiger partial charge in [0.2, 0.25) is 5.91 Å². The Morgan fingerprint density at radius 2 is 2.33 bits per heavy atom. The lowest BCUT2D eigenvalue weighted by molar-refractivity contribution is -0.119. The molecule has 1 atom stereocenters. The van der Waals surface area contributed by atoms with Gasteiger partial charge in [0.05, 0.1) is 17.4 Å². The van der Waals surface area contributed by atoms with Crippen LogP contribution in [0.2, 0.25) is 0 Å². The SMILES string of the molecule is O=C(CSc1ncnc2c(-c3cccc(F)c3)c[nH]c12)NC[C@H]1CCCO1. The number of ether oxygens (including phenoxy) is 1. The second-order valence-electron chi connectivity index (χ2n) is 6.34. The molecular weight excluding hydrogens is 367 g/mol. The van der Waals surface area contributed by atoms with Crippen molar-refractivity contribution in [1.29, 1.82) is 0 Å². The van der Waals surface area contributed by atoms with Gasteiger partial charge in [0, 0.05) is 24.9 Å². The van der Waals surface area contributed by atoms with Gasteiger partial charge in [-0.1, -0.05) is 23.9 Å². The van der Waals surface area contributed by atoms with Crippen molar-refractivity contribution in [3.05, 3.63) is 42.6 Å². The molecule has 4 rings (SSSR count). The molecule has 3 aromatic rings. The van der Waals surface area contributed by atoms with E-state index in [1.165, 1.54) is 30.2 Å². The van der Waals surface area contributed by atoms with Crippen LogP contribution in [0, 0.1) is 5.82 Å². The molecule has 1 fully saturated rings. The van der Waals surface area contributed by atoms with E-state index in [0.29, 0.717) is 17.1 Å². The fraction of sp³-hybridized carbons (Fsp3) is 0.316. The lowest BCUT2D eigenvalue weighted by atomic mass is 10.1. The molecule has 3 heterocycles. The molecule has 8 heteroatoms. The monoisotopic (exact) mass is 386 g/mol. The van der Waals surface area contributed by atoms with E-state index in [2.05, 4.69) is 20.3 Å². The van der Waals surface area contributed by atoms with E-state index >= 15 is 0 Å². The standard InChI is InChI=1S/C19H19FN4O2S/c20-13-4-1-3-12(7-13)15-9-22-18-17(15)23-11-24-19(18)27-10-16(25)21-8-14-5-2-6-26-14/h1,3-4,7,9,11,14,22H,2,5-6,8,10H2,(H,21,25)/t14-/m1/s1. The van der Waals surface area contributed by atoms with E-state index < -0.39 is 0 Å². The summed E-state index contributed by atoms with van der Waals surface area (Å²) in [4.78, 5) is 23.9. The molecule has 0 bridgehead atoms. The quantitative estimate of drug-likeness (QED) is 0.503. The molecule has 140 valence electrons. The third kappa shape index (κ3) is 4.12. The predicted molar refractivity (Wildman–Crippen MR) is 102 cm³/mol. The normalized spacial score (nSPS) is 16.7. The van der Waals surface area contributed by atoms with E-state index in [4.69, 9.17) is 4.74 Å². The smallest absolute Gasteiger partial charge is 0.230 e. The maximum Gasteiger partial charge on any atom is 0.230 e. The first-order valence-electron chi connectivity index (χ1n) is 8.80. The second-order valence-corrected chi connectivity index (χ2v) is 7.31. The van der Waals surface area contributed by atoms with Crippen LogP contribution < -0.4 is 5.32 Å².